The smallest absolute Gasteiger partial charge is 0.0236 e. The lowest BCUT2D eigenvalue weighted by Gasteiger charge is -2.20. The Morgan fingerprint density at radius 3 is 2.83 bits per heavy atom. The summed E-state index contributed by atoms with van der Waals surface area (Å²) in [6, 6.07) is 7.11. The lowest BCUT2D eigenvalue weighted by Crippen LogP contribution is -2.30. The molecule has 1 aromatic carbocycles. The van der Waals surface area contributed by atoms with Gasteiger partial charge in [0.25, 0.3) is 0 Å². The van der Waals surface area contributed by atoms with Crippen LogP contribution < -0.4 is 5.73 Å². The van der Waals surface area contributed by atoms with Crippen LogP contribution in [0.5, 0.6) is 0 Å². The molecule has 3 atom stereocenters. The number of rotatable bonds is 2. The van der Waals surface area contributed by atoms with Gasteiger partial charge in [-0.05, 0) is 55.2 Å². The van der Waals surface area contributed by atoms with Gasteiger partial charge in [-0.25, -0.2) is 0 Å². The van der Waals surface area contributed by atoms with Crippen LogP contribution in [-0.4, -0.2) is 24.0 Å². The molecular weight excluding hydrogens is 220 g/mol. The molecule has 1 saturated carbocycles. The standard InChI is InChI=1S/C16H24N2/c1-11-4-3-5-13(12(11)2)8-18-9-14-6-7-16(17)15(14)10-18/h3-5,14-16H,6-10,17H2,1-2H3. The van der Waals surface area contributed by atoms with Gasteiger partial charge < -0.3 is 5.73 Å². The first-order chi connectivity index (χ1) is 8.65. The largest absolute Gasteiger partial charge is 0.327 e. The molecule has 1 aliphatic carbocycles. The zero-order chi connectivity index (χ0) is 12.7. The second-order valence-corrected chi connectivity index (χ2v) is 6.22. The topological polar surface area (TPSA) is 29.3 Å². The maximum atomic E-state index is 6.20. The predicted molar refractivity (Wildman–Crippen MR) is 75.4 cm³/mol. The monoisotopic (exact) mass is 244 g/mol. The van der Waals surface area contributed by atoms with Gasteiger partial charge in [-0.1, -0.05) is 18.2 Å². The summed E-state index contributed by atoms with van der Waals surface area (Å²) < 4.78 is 0. The molecule has 0 amide bonds. The van der Waals surface area contributed by atoms with E-state index in [4.69, 9.17) is 5.73 Å². The van der Waals surface area contributed by atoms with Gasteiger partial charge in [0, 0.05) is 25.7 Å². The van der Waals surface area contributed by atoms with Gasteiger partial charge in [-0.15, -0.1) is 0 Å². The van der Waals surface area contributed by atoms with Crippen molar-refractivity contribution in [1.82, 2.24) is 4.90 Å². The molecule has 3 unspecified atom stereocenters. The molecule has 3 rings (SSSR count). The van der Waals surface area contributed by atoms with E-state index in [9.17, 15) is 0 Å². The maximum Gasteiger partial charge on any atom is 0.0236 e. The lowest BCUT2D eigenvalue weighted by atomic mass is 9.98. The molecule has 2 aliphatic rings. The van der Waals surface area contributed by atoms with Gasteiger partial charge in [0.1, 0.15) is 0 Å². The first-order valence-corrected chi connectivity index (χ1v) is 7.18. The predicted octanol–water partition coefficient (Wildman–Crippen LogP) is 2.47. The summed E-state index contributed by atoms with van der Waals surface area (Å²) >= 11 is 0. The number of hydrogen-bond acceptors (Lipinski definition) is 2. The van der Waals surface area contributed by atoms with Gasteiger partial charge in [-0.3, -0.25) is 4.90 Å². The summed E-state index contributed by atoms with van der Waals surface area (Å²) in [5.74, 6) is 1.63. The minimum Gasteiger partial charge on any atom is -0.327 e. The first-order valence-electron chi connectivity index (χ1n) is 7.18. The van der Waals surface area contributed by atoms with Crippen molar-refractivity contribution in [3.63, 3.8) is 0 Å². The Morgan fingerprint density at radius 1 is 1.22 bits per heavy atom. The summed E-state index contributed by atoms with van der Waals surface area (Å²) in [6.45, 7) is 8.01. The zero-order valence-electron chi connectivity index (χ0n) is 11.5. The van der Waals surface area contributed by atoms with Gasteiger partial charge in [0.05, 0.1) is 0 Å². The average Bonchev–Trinajstić information content (AvgIpc) is 2.88. The third-order valence-corrected chi connectivity index (χ3v) is 5.10. The average molecular weight is 244 g/mol. The molecule has 2 N–H and O–H groups in total. The van der Waals surface area contributed by atoms with Crippen molar-refractivity contribution in [1.29, 1.82) is 0 Å². The number of fused-ring (bicyclic) bond motifs is 1. The quantitative estimate of drug-likeness (QED) is 0.866. The van der Waals surface area contributed by atoms with E-state index in [1.807, 2.05) is 0 Å². The van der Waals surface area contributed by atoms with Crippen LogP contribution in [0.25, 0.3) is 0 Å². The highest BCUT2D eigenvalue weighted by Gasteiger charge is 2.40. The SMILES string of the molecule is Cc1cccc(CN2CC3CCC(N)C3C2)c1C. The second kappa shape index (κ2) is 4.67. The Morgan fingerprint density at radius 2 is 2.06 bits per heavy atom. The highest BCUT2D eigenvalue weighted by molar-refractivity contribution is 5.33. The summed E-state index contributed by atoms with van der Waals surface area (Å²) in [4.78, 5) is 2.61. The van der Waals surface area contributed by atoms with Crippen molar-refractivity contribution in [2.45, 2.75) is 39.3 Å². The van der Waals surface area contributed by atoms with Gasteiger partial charge in [0.2, 0.25) is 0 Å². The molecule has 0 bridgehead atoms. The first kappa shape index (κ1) is 12.2. The number of likely N-dealkylation sites (tertiary alicyclic amines) is 1. The van der Waals surface area contributed by atoms with Crippen molar-refractivity contribution >= 4 is 0 Å². The van der Waals surface area contributed by atoms with E-state index in [1.165, 1.54) is 42.6 Å². The molecule has 0 spiro atoms. The van der Waals surface area contributed by atoms with Crippen LogP contribution in [-0.2, 0) is 6.54 Å². The fraction of sp³-hybridized carbons (Fsp3) is 0.625. The highest BCUT2D eigenvalue weighted by atomic mass is 15.2. The molecule has 1 saturated heterocycles. The number of hydrogen-bond donors (Lipinski definition) is 1. The van der Waals surface area contributed by atoms with E-state index >= 15 is 0 Å². The van der Waals surface area contributed by atoms with Crippen molar-refractivity contribution < 1.29 is 0 Å². The molecule has 98 valence electrons. The van der Waals surface area contributed by atoms with Gasteiger partial charge in [0.15, 0.2) is 0 Å². The Kier molecular flexibility index (Phi) is 3.16. The Balaban J connectivity index is 1.70. The molecule has 2 nitrogen and oxygen atoms in total. The van der Waals surface area contributed by atoms with Crippen LogP contribution >= 0.6 is 0 Å². The fourth-order valence-corrected chi connectivity index (χ4v) is 3.75. The van der Waals surface area contributed by atoms with E-state index in [2.05, 4.69) is 36.9 Å². The fourth-order valence-electron chi connectivity index (χ4n) is 3.75. The van der Waals surface area contributed by atoms with Crippen LogP contribution in [0.3, 0.4) is 0 Å². The van der Waals surface area contributed by atoms with E-state index in [0.717, 1.165) is 18.4 Å². The van der Waals surface area contributed by atoms with Crippen molar-refractivity contribution in [2.75, 3.05) is 13.1 Å². The Labute approximate surface area is 110 Å². The molecule has 0 aromatic heterocycles. The Hall–Kier alpha value is -0.860. The molecule has 1 aliphatic heterocycles. The molecule has 1 aromatic rings. The van der Waals surface area contributed by atoms with Crippen molar-refractivity contribution in [3.05, 3.63) is 34.9 Å². The highest BCUT2D eigenvalue weighted by Crippen LogP contribution is 2.37. The summed E-state index contributed by atoms with van der Waals surface area (Å²) in [5, 5.41) is 0. The maximum absolute atomic E-state index is 6.20. The normalized spacial score (nSPS) is 31.8. The minimum atomic E-state index is 0.457. The lowest BCUT2D eigenvalue weighted by molar-refractivity contribution is 0.297. The third-order valence-electron chi connectivity index (χ3n) is 5.10. The van der Waals surface area contributed by atoms with Crippen LogP contribution in [0.4, 0.5) is 0 Å². The number of nitrogens with zero attached hydrogens (tertiary/aromatic N) is 1. The van der Waals surface area contributed by atoms with E-state index in [-0.39, 0.29) is 0 Å². The summed E-state index contributed by atoms with van der Waals surface area (Å²) in [5.41, 5.74) is 10.6. The second-order valence-electron chi connectivity index (χ2n) is 6.22. The van der Waals surface area contributed by atoms with Crippen molar-refractivity contribution in [2.24, 2.45) is 17.6 Å². The molecule has 2 heteroatoms. The Bertz CT molecular complexity index is 441. The molecule has 18 heavy (non-hydrogen) atoms. The van der Waals surface area contributed by atoms with Crippen molar-refractivity contribution in [3.8, 4) is 0 Å². The van der Waals surface area contributed by atoms with Gasteiger partial charge in [-0.2, -0.15) is 0 Å². The molecule has 2 fully saturated rings. The molecule has 0 radical (unpaired) electrons. The summed E-state index contributed by atoms with van der Waals surface area (Å²) in [6.07, 6.45) is 2.59. The third kappa shape index (κ3) is 2.08. The van der Waals surface area contributed by atoms with Crippen LogP contribution in [0.15, 0.2) is 18.2 Å². The van der Waals surface area contributed by atoms with Gasteiger partial charge >= 0.3 is 0 Å². The van der Waals surface area contributed by atoms with E-state index in [0.29, 0.717) is 6.04 Å². The van der Waals surface area contributed by atoms with Crippen LogP contribution in [0, 0.1) is 25.7 Å². The van der Waals surface area contributed by atoms with E-state index < -0.39 is 0 Å². The van der Waals surface area contributed by atoms with Crippen LogP contribution in [0.1, 0.15) is 29.5 Å². The minimum absolute atomic E-state index is 0.457. The van der Waals surface area contributed by atoms with E-state index in [1.54, 1.807) is 0 Å². The molecule has 1 heterocycles. The zero-order valence-corrected chi connectivity index (χ0v) is 11.5. The number of nitrogens with two attached hydrogens (primary N) is 1. The number of benzene rings is 1. The van der Waals surface area contributed by atoms with Crippen LogP contribution in [0.2, 0.25) is 0 Å². The number of aryl methyl sites for hydroxylation is 1. The molecular formula is C16H24N2. The summed E-state index contributed by atoms with van der Waals surface area (Å²) in [7, 11) is 0.